The predicted molar refractivity (Wildman–Crippen MR) is 159 cm³/mol. The summed E-state index contributed by atoms with van der Waals surface area (Å²) >= 11 is 0. The highest BCUT2D eigenvalue weighted by atomic mass is 19.1. The number of alkyl halides is 1. The Hall–Kier alpha value is -4.07. The van der Waals surface area contributed by atoms with Crippen molar-refractivity contribution in [3.8, 4) is 6.07 Å². The molecule has 0 bridgehead atoms. The Morgan fingerprint density at radius 1 is 1.21 bits per heavy atom. The molecule has 42 heavy (non-hydrogen) atoms. The van der Waals surface area contributed by atoms with Crippen molar-refractivity contribution in [1.29, 1.82) is 5.26 Å². The van der Waals surface area contributed by atoms with E-state index in [4.69, 9.17) is 9.47 Å². The van der Waals surface area contributed by atoms with E-state index in [1.807, 2.05) is 24.3 Å². The summed E-state index contributed by atoms with van der Waals surface area (Å²) in [5.41, 5.74) is 3.24. The zero-order valence-corrected chi connectivity index (χ0v) is 23.5. The number of nitrogens with zero attached hydrogens (tertiary/aromatic N) is 2. The van der Waals surface area contributed by atoms with Crippen LogP contribution in [0.1, 0.15) is 53.2 Å². The maximum atomic E-state index is 15.3. The van der Waals surface area contributed by atoms with Gasteiger partial charge in [0.2, 0.25) is 0 Å². The van der Waals surface area contributed by atoms with Crippen LogP contribution in [0.25, 0.3) is 11.3 Å². The molecule has 3 atom stereocenters. The molecule has 2 aromatic carbocycles. The van der Waals surface area contributed by atoms with Crippen LogP contribution in [-0.2, 0) is 9.47 Å². The zero-order chi connectivity index (χ0) is 29.5. The monoisotopic (exact) mass is 575 g/mol. The molecule has 3 N–H and O–H groups in total. The summed E-state index contributed by atoms with van der Waals surface area (Å²) in [6, 6.07) is 11.8. The lowest BCUT2D eigenvalue weighted by molar-refractivity contribution is 0.0891. The van der Waals surface area contributed by atoms with Crippen molar-refractivity contribution in [2.24, 2.45) is 4.99 Å². The third kappa shape index (κ3) is 6.86. The first-order valence-electron chi connectivity index (χ1n) is 14.3. The summed E-state index contributed by atoms with van der Waals surface area (Å²) < 4.78 is 41.2. The number of carbonyl (C=O) groups is 1. The average molecular weight is 576 g/mol. The van der Waals surface area contributed by atoms with Crippen molar-refractivity contribution in [2.75, 3.05) is 38.2 Å². The molecule has 10 heteroatoms. The number of nitrogens with one attached hydrogen (secondary N) is 3. The highest BCUT2D eigenvalue weighted by Gasteiger charge is 2.27. The van der Waals surface area contributed by atoms with Crippen LogP contribution in [0.15, 0.2) is 53.5 Å². The van der Waals surface area contributed by atoms with E-state index in [1.54, 1.807) is 19.2 Å². The average Bonchev–Trinajstić information content (AvgIpc) is 3.02. The molecule has 2 aromatic rings. The normalized spacial score (nSPS) is 23.0. The minimum absolute atomic E-state index is 0.110. The fourth-order valence-corrected chi connectivity index (χ4v) is 5.41. The molecule has 2 fully saturated rings. The topological polar surface area (TPSA) is 108 Å². The summed E-state index contributed by atoms with van der Waals surface area (Å²) in [7, 11) is 0. The summed E-state index contributed by atoms with van der Waals surface area (Å²) in [6.45, 7) is 4.24. The number of hydrogen-bond donors (Lipinski definition) is 3. The number of dihydropyridines is 1. The summed E-state index contributed by atoms with van der Waals surface area (Å²) in [5.74, 6) is -0.848. The largest absolute Gasteiger partial charge is 0.483 e. The number of rotatable bonds is 8. The highest BCUT2D eigenvalue weighted by molar-refractivity contribution is 5.95. The van der Waals surface area contributed by atoms with Gasteiger partial charge in [-0.25, -0.2) is 8.78 Å². The molecule has 220 valence electrons. The quantitative estimate of drug-likeness (QED) is 0.396. The van der Waals surface area contributed by atoms with Crippen LogP contribution in [-0.4, -0.2) is 69.3 Å². The lowest BCUT2D eigenvalue weighted by Gasteiger charge is -2.27. The Bertz CT molecular complexity index is 1430. The second kappa shape index (κ2) is 13.7. The smallest absolute Gasteiger partial charge is 0.251 e. The van der Waals surface area contributed by atoms with E-state index in [0.717, 1.165) is 35.7 Å². The van der Waals surface area contributed by atoms with Crippen LogP contribution in [0.2, 0.25) is 0 Å². The summed E-state index contributed by atoms with van der Waals surface area (Å²) in [4.78, 5) is 17.0. The molecular formula is C32H35F2N5O3. The minimum Gasteiger partial charge on any atom is -0.483 e. The number of benzene rings is 2. The van der Waals surface area contributed by atoms with E-state index in [9.17, 15) is 14.4 Å². The van der Waals surface area contributed by atoms with Gasteiger partial charge >= 0.3 is 0 Å². The number of ether oxygens (including phenoxy) is 2. The number of anilines is 1. The number of halogens is 2. The maximum Gasteiger partial charge on any atom is 0.251 e. The van der Waals surface area contributed by atoms with Crippen LogP contribution in [0.3, 0.4) is 0 Å². The molecule has 1 amide bonds. The van der Waals surface area contributed by atoms with E-state index in [2.05, 4.69) is 27.0 Å². The standard InChI is InChI=1S/C32H35F2N5O3/c1-2-30(25-5-3-21(16-26(25)33)32(40)39-29-8-12-36-18-27(29)34)42-31-19-37-11-7-24(31)20-4-6-28(22(15-20)17-35)38-23-9-13-41-14-10-23/h2-7,11,15-16,23,27,29,31,36,38H,8-10,12-14,18-19H2,1H3,(H,39,40)/b30-2-. The van der Waals surface area contributed by atoms with Crippen LogP contribution in [0, 0.1) is 17.1 Å². The number of nitriles is 1. The fourth-order valence-electron chi connectivity index (χ4n) is 5.41. The zero-order valence-electron chi connectivity index (χ0n) is 23.5. The summed E-state index contributed by atoms with van der Waals surface area (Å²) in [5, 5.41) is 19.0. The van der Waals surface area contributed by atoms with Crippen molar-refractivity contribution in [3.05, 3.63) is 76.6 Å². The fraction of sp³-hybridized carbons (Fsp3) is 0.406. The molecule has 3 aliphatic heterocycles. The van der Waals surface area contributed by atoms with Gasteiger partial charge in [0.05, 0.1) is 29.4 Å². The lowest BCUT2D eigenvalue weighted by atomic mass is 9.95. The second-order valence-corrected chi connectivity index (χ2v) is 10.6. The maximum absolute atomic E-state index is 15.3. The van der Waals surface area contributed by atoms with Gasteiger partial charge < -0.3 is 25.4 Å². The molecule has 3 unspecified atom stereocenters. The molecule has 0 radical (unpaired) electrons. The van der Waals surface area contributed by atoms with Crippen molar-refractivity contribution in [1.82, 2.24) is 10.6 Å². The van der Waals surface area contributed by atoms with Crippen molar-refractivity contribution >= 4 is 29.1 Å². The Balaban J connectivity index is 1.30. The molecular weight excluding hydrogens is 540 g/mol. The molecule has 3 heterocycles. The number of hydrogen-bond acceptors (Lipinski definition) is 7. The molecule has 0 aliphatic carbocycles. The Kier molecular flexibility index (Phi) is 9.62. The first-order valence-corrected chi connectivity index (χ1v) is 14.3. The van der Waals surface area contributed by atoms with Gasteiger partial charge in [-0.2, -0.15) is 5.26 Å². The van der Waals surface area contributed by atoms with Gasteiger partial charge in [-0.3, -0.25) is 9.79 Å². The van der Waals surface area contributed by atoms with Gasteiger partial charge in [0.15, 0.2) is 0 Å². The van der Waals surface area contributed by atoms with E-state index in [-0.39, 0.29) is 23.7 Å². The molecule has 8 nitrogen and oxygen atoms in total. The Labute approximate surface area is 244 Å². The molecule has 0 saturated carbocycles. The van der Waals surface area contributed by atoms with Crippen molar-refractivity contribution < 1.29 is 23.0 Å². The van der Waals surface area contributed by atoms with Crippen molar-refractivity contribution in [3.63, 3.8) is 0 Å². The predicted octanol–water partition coefficient (Wildman–Crippen LogP) is 4.63. The third-order valence-corrected chi connectivity index (χ3v) is 7.78. The number of amides is 1. The van der Waals surface area contributed by atoms with Crippen LogP contribution in [0.4, 0.5) is 14.5 Å². The second-order valence-electron chi connectivity index (χ2n) is 10.6. The molecule has 0 spiro atoms. The molecule has 5 rings (SSSR count). The van der Waals surface area contributed by atoms with E-state index >= 15 is 4.39 Å². The van der Waals surface area contributed by atoms with Gasteiger partial charge in [0.1, 0.15) is 29.9 Å². The van der Waals surface area contributed by atoms with Gasteiger partial charge in [-0.15, -0.1) is 0 Å². The van der Waals surface area contributed by atoms with Crippen LogP contribution in [0.5, 0.6) is 0 Å². The number of carbonyl (C=O) groups excluding carboxylic acids is 1. The van der Waals surface area contributed by atoms with Crippen LogP contribution < -0.4 is 16.0 Å². The first kappa shape index (κ1) is 29.4. The SMILES string of the molecule is C/C=C(\OC1CN=CC=C1c1ccc(NC2CCOCC2)c(C#N)c1)c1ccc(C(=O)NC2CCNCC2F)cc1F. The molecule has 2 saturated heterocycles. The van der Waals surface area contributed by atoms with E-state index in [0.29, 0.717) is 44.0 Å². The van der Waals surface area contributed by atoms with Crippen LogP contribution >= 0.6 is 0 Å². The summed E-state index contributed by atoms with van der Waals surface area (Å²) in [6.07, 6.45) is 5.72. The van der Waals surface area contributed by atoms with Gasteiger partial charge in [0.25, 0.3) is 5.91 Å². The van der Waals surface area contributed by atoms with Crippen molar-refractivity contribution in [2.45, 2.75) is 50.5 Å². The highest BCUT2D eigenvalue weighted by Crippen LogP contribution is 2.31. The van der Waals surface area contributed by atoms with Gasteiger partial charge in [0, 0.05) is 43.2 Å². The molecule has 0 aromatic heterocycles. The Morgan fingerprint density at radius 2 is 2.05 bits per heavy atom. The number of aliphatic imine (C=N–C) groups is 1. The Morgan fingerprint density at radius 3 is 2.79 bits per heavy atom. The first-order chi connectivity index (χ1) is 20.5. The number of allylic oxidation sites excluding steroid dienone is 2. The minimum atomic E-state index is -1.20. The lowest BCUT2D eigenvalue weighted by Crippen LogP contribution is -2.50. The van der Waals surface area contributed by atoms with Gasteiger partial charge in [-0.05, 0) is 80.8 Å². The third-order valence-electron chi connectivity index (χ3n) is 7.78. The molecule has 3 aliphatic rings. The van der Waals surface area contributed by atoms with E-state index < -0.39 is 30.0 Å². The van der Waals surface area contributed by atoms with E-state index in [1.165, 1.54) is 12.1 Å². The van der Waals surface area contributed by atoms with Gasteiger partial charge in [-0.1, -0.05) is 6.07 Å². The number of piperidine rings is 1.